The lowest BCUT2D eigenvalue weighted by Crippen LogP contribution is -2.46. The molecule has 2 aliphatic heterocycles. The van der Waals surface area contributed by atoms with Gasteiger partial charge < -0.3 is 9.88 Å². The fourth-order valence-corrected chi connectivity index (χ4v) is 4.53. The van der Waals surface area contributed by atoms with Crippen LogP contribution in [-0.2, 0) is 17.8 Å². The van der Waals surface area contributed by atoms with Crippen LogP contribution in [0.3, 0.4) is 0 Å². The van der Waals surface area contributed by atoms with Gasteiger partial charge in [-0.1, -0.05) is 24.3 Å². The summed E-state index contributed by atoms with van der Waals surface area (Å²) in [7, 11) is 0. The van der Waals surface area contributed by atoms with Crippen LogP contribution in [0.1, 0.15) is 17.5 Å². The zero-order valence-electron chi connectivity index (χ0n) is 17.0. The molecule has 0 atom stereocenters. The fraction of sp³-hybridized carbons (Fsp3) is 0.417. The van der Waals surface area contributed by atoms with E-state index in [1.807, 2.05) is 6.20 Å². The summed E-state index contributed by atoms with van der Waals surface area (Å²) in [5.74, 6) is 0. The van der Waals surface area contributed by atoms with Crippen molar-refractivity contribution in [1.82, 2.24) is 14.9 Å². The summed E-state index contributed by atoms with van der Waals surface area (Å²) in [5, 5.41) is 3.43. The Balaban J connectivity index is 1.03. The van der Waals surface area contributed by atoms with Crippen molar-refractivity contribution in [3.8, 4) is 0 Å². The van der Waals surface area contributed by atoms with E-state index in [9.17, 15) is 0 Å². The number of hydrogen-bond donors (Lipinski definition) is 1. The van der Waals surface area contributed by atoms with Gasteiger partial charge in [-0.15, -0.1) is 0 Å². The van der Waals surface area contributed by atoms with E-state index < -0.39 is 0 Å². The molecule has 3 aromatic rings. The van der Waals surface area contributed by atoms with Crippen LogP contribution < -0.4 is 4.90 Å². The molecule has 5 nitrogen and oxygen atoms in total. The molecule has 5 rings (SSSR count). The molecule has 0 aliphatic carbocycles. The van der Waals surface area contributed by atoms with Gasteiger partial charge >= 0.3 is 0 Å². The molecular formula is C24H30N4O. The molecule has 1 aromatic heterocycles. The highest BCUT2D eigenvalue weighted by Crippen LogP contribution is 2.23. The van der Waals surface area contributed by atoms with E-state index in [-0.39, 0.29) is 0 Å². The maximum Gasteiger partial charge on any atom is 0.0697 e. The van der Waals surface area contributed by atoms with E-state index in [4.69, 9.17) is 4.84 Å². The number of nitrogens with zero attached hydrogens (tertiary/aromatic N) is 3. The maximum absolute atomic E-state index is 6.05. The fourth-order valence-electron chi connectivity index (χ4n) is 4.53. The number of fused-ring (bicyclic) bond motifs is 2. The average Bonchev–Trinajstić information content (AvgIpc) is 3.25. The Hall–Kier alpha value is -2.34. The molecule has 2 aromatic carbocycles. The maximum atomic E-state index is 6.05. The topological polar surface area (TPSA) is 34.7 Å². The molecule has 0 unspecified atom stereocenters. The van der Waals surface area contributed by atoms with E-state index in [1.54, 1.807) is 0 Å². The standard InChI is InChI=1S/C24H30N4O/c1-2-5-22-19-28(12-9-20(22)4-1)29-17-3-11-26-13-15-27(16-14-26)23-6-7-24-21(18-23)8-10-25-24/h1-2,4-8,10,18,25H,3,9,11-17,19H2. The van der Waals surface area contributed by atoms with Crippen LogP contribution in [-0.4, -0.2) is 60.8 Å². The largest absolute Gasteiger partial charge is 0.369 e. The van der Waals surface area contributed by atoms with Gasteiger partial charge in [0, 0.05) is 68.6 Å². The highest BCUT2D eigenvalue weighted by atomic mass is 16.7. The molecule has 0 spiro atoms. The lowest BCUT2D eigenvalue weighted by Gasteiger charge is -2.36. The first-order chi connectivity index (χ1) is 14.3. The predicted octanol–water partition coefficient (Wildman–Crippen LogP) is 3.67. The van der Waals surface area contributed by atoms with Crippen LogP contribution in [0.4, 0.5) is 5.69 Å². The smallest absolute Gasteiger partial charge is 0.0697 e. The van der Waals surface area contributed by atoms with Crippen LogP contribution in [0.25, 0.3) is 10.9 Å². The Labute approximate surface area is 172 Å². The number of nitrogens with one attached hydrogen (secondary N) is 1. The van der Waals surface area contributed by atoms with E-state index in [2.05, 4.69) is 68.4 Å². The van der Waals surface area contributed by atoms with Gasteiger partial charge in [-0.3, -0.25) is 9.74 Å². The predicted molar refractivity (Wildman–Crippen MR) is 118 cm³/mol. The summed E-state index contributed by atoms with van der Waals surface area (Å²) in [5.41, 5.74) is 5.43. The van der Waals surface area contributed by atoms with Crippen LogP contribution in [0, 0.1) is 0 Å². The summed E-state index contributed by atoms with van der Waals surface area (Å²) >= 11 is 0. The first-order valence-corrected chi connectivity index (χ1v) is 10.8. The van der Waals surface area contributed by atoms with Gasteiger partial charge in [0.2, 0.25) is 0 Å². The molecule has 3 heterocycles. The molecule has 0 bridgehead atoms. The number of rotatable bonds is 6. The number of H-pyrrole nitrogens is 1. The van der Waals surface area contributed by atoms with Crippen LogP contribution in [0.5, 0.6) is 0 Å². The number of hydrogen-bond acceptors (Lipinski definition) is 4. The monoisotopic (exact) mass is 390 g/mol. The van der Waals surface area contributed by atoms with Gasteiger partial charge in [0.15, 0.2) is 0 Å². The Bertz CT molecular complexity index is 945. The zero-order chi connectivity index (χ0) is 19.5. The van der Waals surface area contributed by atoms with Crippen molar-refractivity contribution >= 4 is 16.6 Å². The summed E-state index contributed by atoms with van der Waals surface area (Å²) in [6.45, 7) is 8.30. The number of hydroxylamine groups is 2. The second kappa shape index (κ2) is 8.57. The summed E-state index contributed by atoms with van der Waals surface area (Å²) in [4.78, 5) is 14.4. The Morgan fingerprint density at radius 2 is 1.76 bits per heavy atom. The normalized spacial score (nSPS) is 18.3. The molecule has 0 saturated carbocycles. The first-order valence-electron chi connectivity index (χ1n) is 10.8. The SMILES string of the molecule is c1ccc2c(c1)CCN(OCCCN1CCN(c3ccc4[nH]ccc4c3)CC1)C2. The highest BCUT2D eigenvalue weighted by Gasteiger charge is 2.18. The number of benzene rings is 2. The number of aromatic nitrogens is 1. The quantitative estimate of drug-likeness (QED) is 0.652. The van der Waals surface area contributed by atoms with E-state index >= 15 is 0 Å². The number of aromatic amines is 1. The molecule has 0 radical (unpaired) electrons. The second-order valence-corrected chi connectivity index (χ2v) is 8.15. The highest BCUT2D eigenvalue weighted by molar-refractivity contribution is 5.83. The third-order valence-corrected chi connectivity index (χ3v) is 6.26. The zero-order valence-corrected chi connectivity index (χ0v) is 17.0. The van der Waals surface area contributed by atoms with Gasteiger partial charge in [0.1, 0.15) is 0 Å². The van der Waals surface area contributed by atoms with Gasteiger partial charge in [-0.25, -0.2) is 0 Å². The van der Waals surface area contributed by atoms with Crippen molar-refractivity contribution in [2.75, 3.05) is 50.8 Å². The molecule has 29 heavy (non-hydrogen) atoms. The Kier molecular flexibility index (Phi) is 5.52. The number of anilines is 1. The molecule has 1 fully saturated rings. The molecule has 2 aliphatic rings. The Morgan fingerprint density at radius 1 is 0.897 bits per heavy atom. The average molecular weight is 391 g/mol. The van der Waals surface area contributed by atoms with E-state index in [0.29, 0.717) is 0 Å². The summed E-state index contributed by atoms with van der Waals surface area (Å²) in [6, 6.07) is 17.6. The van der Waals surface area contributed by atoms with Gasteiger partial charge in [0.05, 0.1) is 6.61 Å². The van der Waals surface area contributed by atoms with Crippen LogP contribution in [0.2, 0.25) is 0 Å². The van der Waals surface area contributed by atoms with Crippen molar-refractivity contribution in [2.45, 2.75) is 19.4 Å². The minimum absolute atomic E-state index is 0.812. The van der Waals surface area contributed by atoms with Gasteiger partial charge in [0.25, 0.3) is 0 Å². The molecule has 1 saturated heterocycles. The minimum Gasteiger partial charge on any atom is -0.369 e. The third-order valence-electron chi connectivity index (χ3n) is 6.26. The molecular weight excluding hydrogens is 360 g/mol. The van der Waals surface area contributed by atoms with Crippen molar-refractivity contribution < 1.29 is 4.84 Å². The van der Waals surface area contributed by atoms with Gasteiger partial charge in [-0.2, -0.15) is 5.06 Å². The molecule has 152 valence electrons. The van der Waals surface area contributed by atoms with Gasteiger partial charge in [-0.05, 0) is 48.2 Å². The van der Waals surface area contributed by atoms with E-state index in [0.717, 1.165) is 65.3 Å². The molecule has 0 amide bonds. The van der Waals surface area contributed by atoms with Crippen LogP contribution in [0.15, 0.2) is 54.7 Å². The van der Waals surface area contributed by atoms with E-state index in [1.165, 1.54) is 27.7 Å². The van der Waals surface area contributed by atoms with Crippen molar-refractivity contribution in [3.05, 3.63) is 65.9 Å². The minimum atomic E-state index is 0.812. The van der Waals surface area contributed by atoms with Crippen molar-refractivity contribution in [3.63, 3.8) is 0 Å². The summed E-state index contributed by atoms with van der Waals surface area (Å²) in [6.07, 6.45) is 4.19. The summed E-state index contributed by atoms with van der Waals surface area (Å²) < 4.78 is 0. The lowest BCUT2D eigenvalue weighted by molar-refractivity contribution is -0.170. The Morgan fingerprint density at radius 3 is 2.66 bits per heavy atom. The third kappa shape index (κ3) is 4.32. The van der Waals surface area contributed by atoms with Crippen molar-refractivity contribution in [1.29, 1.82) is 0 Å². The van der Waals surface area contributed by atoms with Crippen molar-refractivity contribution in [2.24, 2.45) is 0 Å². The number of piperazine rings is 1. The lowest BCUT2D eigenvalue weighted by atomic mass is 10.0. The molecule has 5 heteroatoms. The molecule has 1 N–H and O–H groups in total. The van der Waals surface area contributed by atoms with Crippen LogP contribution >= 0.6 is 0 Å². The first kappa shape index (κ1) is 18.7. The second-order valence-electron chi connectivity index (χ2n) is 8.15.